The molecule has 6 heteroatoms. The lowest BCUT2D eigenvalue weighted by molar-refractivity contribution is 0.131. The van der Waals surface area contributed by atoms with E-state index in [0.717, 1.165) is 11.5 Å². The van der Waals surface area contributed by atoms with Gasteiger partial charge in [-0.15, -0.1) is 0 Å². The van der Waals surface area contributed by atoms with E-state index in [2.05, 4.69) is 53.7 Å². The smallest absolute Gasteiger partial charge is 0.332 e. The Labute approximate surface area is 160 Å². The van der Waals surface area contributed by atoms with Crippen LogP contribution in [0.4, 0.5) is 4.79 Å². The second-order valence-corrected chi connectivity index (χ2v) is 6.88. The number of primary amides is 1. The molecule has 0 radical (unpaired) electrons. The molecular weight excluding hydrogens is 340 g/mol. The first-order valence-corrected chi connectivity index (χ1v) is 9.04. The van der Waals surface area contributed by atoms with E-state index in [1.165, 1.54) is 11.1 Å². The third kappa shape index (κ3) is 4.11. The van der Waals surface area contributed by atoms with Crippen LogP contribution in [0, 0.1) is 5.92 Å². The van der Waals surface area contributed by atoms with Gasteiger partial charge in [-0.3, -0.25) is 4.90 Å². The van der Waals surface area contributed by atoms with Gasteiger partial charge < -0.3 is 10.5 Å². The van der Waals surface area contributed by atoms with Crippen molar-refractivity contribution in [1.29, 1.82) is 0 Å². The van der Waals surface area contributed by atoms with Gasteiger partial charge in [0.2, 0.25) is 0 Å². The van der Waals surface area contributed by atoms with Crippen LogP contribution in [-0.4, -0.2) is 30.8 Å². The molecule has 2 amide bonds. The van der Waals surface area contributed by atoms with Crippen LogP contribution in [0.1, 0.15) is 36.6 Å². The fourth-order valence-corrected chi connectivity index (χ4v) is 3.88. The molecule has 0 aromatic heterocycles. The SMILES string of the molecule is COc1ccc(C2C/C(=N\NC(N)=O)C(C)C(c3ccccc3)N2C)cc1. The van der Waals surface area contributed by atoms with Gasteiger partial charge in [0.1, 0.15) is 5.75 Å². The highest BCUT2D eigenvalue weighted by Gasteiger charge is 2.38. The molecule has 2 aromatic rings. The molecule has 1 saturated heterocycles. The zero-order valence-corrected chi connectivity index (χ0v) is 15.9. The Morgan fingerprint density at radius 1 is 1.15 bits per heavy atom. The van der Waals surface area contributed by atoms with Crippen LogP contribution in [0.25, 0.3) is 0 Å². The van der Waals surface area contributed by atoms with E-state index in [4.69, 9.17) is 10.5 Å². The second kappa shape index (κ2) is 8.22. The van der Waals surface area contributed by atoms with Crippen molar-refractivity contribution >= 4 is 11.7 Å². The summed E-state index contributed by atoms with van der Waals surface area (Å²) in [6.07, 6.45) is 0.716. The number of nitrogens with two attached hydrogens (primary N) is 1. The van der Waals surface area contributed by atoms with Gasteiger partial charge in [-0.25, -0.2) is 10.2 Å². The average molecular weight is 366 g/mol. The minimum Gasteiger partial charge on any atom is -0.497 e. The molecule has 0 spiro atoms. The van der Waals surface area contributed by atoms with Crippen LogP contribution in [-0.2, 0) is 0 Å². The number of piperidine rings is 1. The standard InChI is InChI=1S/C21H26N4O2/c1-14-18(23-24-21(22)26)13-19(15-9-11-17(27-3)12-10-15)25(2)20(14)16-7-5-4-6-8-16/h4-12,14,19-20H,13H2,1-3H3,(H3,22,24,26)/b23-18+. The topological polar surface area (TPSA) is 80.0 Å². The van der Waals surface area contributed by atoms with Gasteiger partial charge in [0.05, 0.1) is 7.11 Å². The summed E-state index contributed by atoms with van der Waals surface area (Å²) in [6, 6.07) is 18.1. The van der Waals surface area contributed by atoms with E-state index in [-0.39, 0.29) is 18.0 Å². The summed E-state index contributed by atoms with van der Waals surface area (Å²) in [5, 5.41) is 4.32. The number of ether oxygens (including phenoxy) is 1. The summed E-state index contributed by atoms with van der Waals surface area (Å²) in [4.78, 5) is 13.5. The molecule has 1 fully saturated rings. The highest BCUT2D eigenvalue weighted by molar-refractivity contribution is 5.89. The number of urea groups is 1. The van der Waals surface area contributed by atoms with Gasteiger partial charge in [0.25, 0.3) is 0 Å². The van der Waals surface area contributed by atoms with Crippen LogP contribution in [0.2, 0.25) is 0 Å². The lowest BCUT2D eigenvalue weighted by atomic mass is 9.80. The van der Waals surface area contributed by atoms with Crippen molar-refractivity contribution in [1.82, 2.24) is 10.3 Å². The van der Waals surface area contributed by atoms with Gasteiger partial charge in [-0.2, -0.15) is 5.10 Å². The van der Waals surface area contributed by atoms with E-state index >= 15 is 0 Å². The number of methoxy groups -OCH3 is 1. The van der Waals surface area contributed by atoms with Crippen LogP contribution < -0.4 is 15.9 Å². The fourth-order valence-electron chi connectivity index (χ4n) is 3.88. The van der Waals surface area contributed by atoms with Crippen molar-refractivity contribution in [3.8, 4) is 5.75 Å². The molecule has 0 saturated carbocycles. The molecule has 2 aromatic carbocycles. The van der Waals surface area contributed by atoms with Crippen molar-refractivity contribution in [2.45, 2.75) is 25.4 Å². The zero-order chi connectivity index (χ0) is 19.4. The highest BCUT2D eigenvalue weighted by atomic mass is 16.5. The zero-order valence-electron chi connectivity index (χ0n) is 15.9. The molecule has 1 aliphatic heterocycles. The number of likely N-dealkylation sites (tertiary alicyclic amines) is 1. The van der Waals surface area contributed by atoms with Crippen molar-refractivity contribution < 1.29 is 9.53 Å². The van der Waals surface area contributed by atoms with Crippen molar-refractivity contribution in [3.05, 3.63) is 65.7 Å². The first kappa shape index (κ1) is 18.9. The molecule has 142 valence electrons. The maximum Gasteiger partial charge on any atom is 0.332 e. The Kier molecular flexibility index (Phi) is 5.76. The van der Waals surface area contributed by atoms with Crippen LogP contribution in [0.5, 0.6) is 5.75 Å². The van der Waals surface area contributed by atoms with E-state index in [9.17, 15) is 4.79 Å². The van der Waals surface area contributed by atoms with Crippen molar-refractivity contribution in [2.75, 3.05) is 14.2 Å². The number of rotatable bonds is 4. The highest BCUT2D eigenvalue weighted by Crippen LogP contribution is 2.42. The molecule has 6 nitrogen and oxygen atoms in total. The molecule has 0 aliphatic carbocycles. The number of carbonyl (C=O) groups is 1. The molecule has 1 heterocycles. The van der Waals surface area contributed by atoms with Crippen molar-refractivity contribution in [3.63, 3.8) is 0 Å². The predicted octanol–water partition coefficient (Wildman–Crippen LogP) is 3.47. The first-order chi connectivity index (χ1) is 13.0. The van der Waals surface area contributed by atoms with E-state index in [1.54, 1.807) is 7.11 Å². The van der Waals surface area contributed by atoms with Gasteiger partial charge in [0, 0.05) is 30.1 Å². The number of hydrogen-bond acceptors (Lipinski definition) is 4. The monoisotopic (exact) mass is 366 g/mol. The Balaban J connectivity index is 1.99. The number of carbonyl (C=O) groups excluding carboxylic acids is 1. The van der Waals surface area contributed by atoms with Gasteiger partial charge >= 0.3 is 6.03 Å². The quantitative estimate of drug-likeness (QED) is 0.813. The summed E-state index contributed by atoms with van der Waals surface area (Å²) in [5.41, 5.74) is 11.0. The Hall–Kier alpha value is -2.86. The first-order valence-electron chi connectivity index (χ1n) is 9.04. The van der Waals surface area contributed by atoms with E-state index in [0.29, 0.717) is 6.42 Å². The Morgan fingerprint density at radius 3 is 2.41 bits per heavy atom. The molecule has 3 N–H and O–H groups in total. The van der Waals surface area contributed by atoms with Crippen LogP contribution in [0.15, 0.2) is 59.7 Å². The second-order valence-electron chi connectivity index (χ2n) is 6.88. The minimum atomic E-state index is -0.647. The number of nitrogens with zero attached hydrogens (tertiary/aromatic N) is 2. The minimum absolute atomic E-state index is 0.130. The normalized spacial score (nSPS) is 24.6. The molecule has 3 unspecified atom stereocenters. The molecule has 3 rings (SSSR count). The van der Waals surface area contributed by atoms with Gasteiger partial charge in [0.15, 0.2) is 0 Å². The maximum atomic E-state index is 11.2. The molecule has 3 atom stereocenters. The molecular formula is C21H26N4O2. The number of hydrogen-bond donors (Lipinski definition) is 2. The van der Waals surface area contributed by atoms with E-state index < -0.39 is 6.03 Å². The van der Waals surface area contributed by atoms with E-state index in [1.807, 2.05) is 30.3 Å². The Morgan fingerprint density at radius 2 is 1.81 bits per heavy atom. The third-order valence-electron chi connectivity index (χ3n) is 5.28. The maximum absolute atomic E-state index is 11.2. The molecule has 0 bridgehead atoms. The summed E-state index contributed by atoms with van der Waals surface area (Å²) in [5.74, 6) is 0.966. The lowest BCUT2D eigenvalue weighted by Crippen LogP contribution is -2.43. The van der Waals surface area contributed by atoms with Crippen molar-refractivity contribution in [2.24, 2.45) is 16.8 Å². The lowest BCUT2D eigenvalue weighted by Gasteiger charge is -2.44. The van der Waals surface area contributed by atoms with Gasteiger partial charge in [-0.1, -0.05) is 49.4 Å². The molecule has 27 heavy (non-hydrogen) atoms. The summed E-state index contributed by atoms with van der Waals surface area (Å²) in [7, 11) is 3.80. The summed E-state index contributed by atoms with van der Waals surface area (Å²) in [6.45, 7) is 2.14. The molecule has 1 aliphatic rings. The number of nitrogens with one attached hydrogen (secondary N) is 1. The number of hydrazone groups is 1. The summed E-state index contributed by atoms with van der Waals surface area (Å²) < 4.78 is 5.28. The fraction of sp³-hybridized carbons (Fsp3) is 0.333. The average Bonchev–Trinajstić information content (AvgIpc) is 2.68. The predicted molar refractivity (Wildman–Crippen MR) is 107 cm³/mol. The van der Waals surface area contributed by atoms with Crippen LogP contribution in [0.3, 0.4) is 0 Å². The largest absolute Gasteiger partial charge is 0.497 e. The third-order valence-corrected chi connectivity index (χ3v) is 5.28. The van der Waals surface area contributed by atoms with Crippen LogP contribution >= 0.6 is 0 Å². The number of amides is 2. The Bertz CT molecular complexity index is 805. The summed E-state index contributed by atoms with van der Waals surface area (Å²) >= 11 is 0. The van der Waals surface area contributed by atoms with Gasteiger partial charge in [-0.05, 0) is 30.3 Å². The number of benzene rings is 2.